The zero-order valence-corrected chi connectivity index (χ0v) is 13.2. The Balaban J connectivity index is 2.19. The van der Waals surface area contributed by atoms with Crippen LogP contribution >= 0.6 is 0 Å². The molecule has 1 heterocycles. The van der Waals surface area contributed by atoms with Gasteiger partial charge >= 0.3 is 0 Å². The maximum Gasteiger partial charge on any atom is 0.148 e. The van der Waals surface area contributed by atoms with E-state index in [1.807, 2.05) is 6.07 Å². The maximum absolute atomic E-state index is 13.6. The molecule has 1 saturated heterocycles. The van der Waals surface area contributed by atoms with Crippen LogP contribution in [0.4, 0.5) is 10.1 Å². The Morgan fingerprint density at radius 3 is 2.68 bits per heavy atom. The third-order valence-electron chi connectivity index (χ3n) is 3.90. The minimum absolute atomic E-state index is 0.0492. The molecule has 0 saturated carbocycles. The molecule has 0 aliphatic carbocycles. The lowest BCUT2D eigenvalue weighted by atomic mass is 9.82. The van der Waals surface area contributed by atoms with Gasteiger partial charge in [0.2, 0.25) is 0 Å². The van der Waals surface area contributed by atoms with E-state index in [9.17, 15) is 12.8 Å². The molecular weight excluding hydrogens is 307 g/mol. The molecule has 1 aromatic carbocycles. The number of nitrogens with one attached hydrogen (secondary N) is 1. The van der Waals surface area contributed by atoms with Gasteiger partial charge in [0.05, 0.1) is 11.4 Å². The molecule has 1 fully saturated rings. The lowest BCUT2D eigenvalue weighted by Gasteiger charge is -2.37. The number of ether oxygens (including phenoxy) is 1. The number of hydrogen-bond acceptors (Lipinski definition) is 5. The lowest BCUT2D eigenvalue weighted by Crippen LogP contribution is -2.41. The number of hydrogen-bond donors (Lipinski definition) is 1. The maximum atomic E-state index is 13.6. The Morgan fingerprint density at radius 2 is 2.09 bits per heavy atom. The minimum atomic E-state index is -3.15. The fraction of sp³-hybridized carbons (Fsp3) is 0.533. The predicted octanol–water partition coefficient (Wildman–Crippen LogP) is 1.95. The van der Waals surface area contributed by atoms with Crippen LogP contribution in [0.3, 0.4) is 0 Å². The summed E-state index contributed by atoms with van der Waals surface area (Å²) in [5, 5.41) is 12.1. The molecule has 0 aromatic heterocycles. The zero-order chi connectivity index (χ0) is 16.2. The van der Waals surface area contributed by atoms with Gasteiger partial charge in [-0.05, 0) is 25.0 Å². The van der Waals surface area contributed by atoms with Crippen molar-refractivity contribution in [1.82, 2.24) is 0 Å². The highest BCUT2D eigenvalue weighted by atomic mass is 32.2. The zero-order valence-electron chi connectivity index (χ0n) is 12.4. The van der Waals surface area contributed by atoms with E-state index in [2.05, 4.69) is 5.32 Å². The van der Waals surface area contributed by atoms with Crippen molar-refractivity contribution >= 4 is 15.5 Å². The van der Waals surface area contributed by atoms with E-state index in [-0.39, 0.29) is 11.3 Å². The number of rotatable bonds is 5. The number of sulfone groups is 1. The summed E-state index contributed by atoms with van der Waals surface area (Å²) in [6.45, 7) is 1.37. The average molecular weight is 326 g/mol. The molecule has 1 aliphatic rings. The molecule has 0 radical (unpaired) electrons. The van der Waals surface area contributed by atoms with Crippen LogP contribution in [0.1, 0.15) is 18.4 Å². The van der Waals surface area contributed by atoms with Gasteiger partial charge < -0.3 is 10.1 Å². The van der Waals surface area contributed by atoms with Crippen LogP contribution in [0.2, 0.25) is 0 Å². The molecule has 0 amide bonds. The Bertz CT molecular complexity index is 677. The summed E-state index contributed by atoms with van der Waals surface area (Å²) in [6, 6.07) is 6.20. The highest BCUT2D eigenvalue weighted by molar-refractivity contribution is 7.90. The van der Waals surface area contributed by atoms with E-state index in [1.54, 1.807) is 6.07 Å². The molecule has 0 unspecified atom stereocenters. The van der Waals surface area contributed by atoms with Crippen LogP contribution in [0.5, 0.6) is 0 Å². The van der Waals surface area contributed by atoms with Gasteiger partial charge in [0.1, 0.15) is 27.3 Å². The van der Waals surface area contributed by atoms with Crippen molar-refractivity contribution in [3.05, 3.63) is 29.6 Å². The van der Waals surface area contributed by atoms with Crippen LogP contribution in [-0.2, 0) is 14.6 Å². The van der Waals surface area contributed by atoms with Gasteiger partial charge in [-0.3, -0.25) is 0 Å². The van der Waals surface area contributed by atoms with E-state index in [0.29, 0.717) is 38.3 Å². The van der Waals surface area contributed by atoms with Gasteiger partial charge in [-0.15, -0.1) is 0 Å². The Labute approximate surface area is 130 Å². The smallest absolute Gasteiger partial charge is 0.148 e. The van der Waals surface area contributed by atoms with Crippen molar-refractivity contribution in [1.29, 1.82) is 5.26 Å². The number of nitriles is 1. The van der Waals surface area contributed by atoms with Gasteiger partial charge in [0.15, 0.2) is 0 Å². The first-order valence-electron chi connectivity index (χ1n) is 7.03. The fourth-order valence-electron chi connectivity index (χ4n) is 2.80. The summed E-state index contributed by atoms with van der Waals surface area (Å²) in [6.07, 6.45) is 2.45. The van der Waals surface area contributed by atoms with Crippen LogP contribution < -0.4 is 5.32 Å². The SMILES string of the molecule is CS(=O)(=O)CC1(CNc2cccc(F)c2C#N)CCOCC1. The minimum Gasteiger partial charge on any atom is -0.383 e. The second-order valence-electron chi connectivity index (χ2n) is 5.81. The fourth-order valence-corrected chi connectivity index (χ4v) is 4.30. The molecule has 0 spiro atoms. The van der Waals surface area contributed by atoms with E-state index in [4.69, 9.17) is 10.00 Å². The Kier molecular flexibility index (Phi) is 5.04. The van der Waals surface area contributed by atoms with Gasteiger partial charge in [0, 0.05) is 31.4 Å². The summed E-state index contributed by atoms with van der Waals surface area (Å²) in [5.41, 5.74) is -0.115. The van der Waals surface area contributed by atoms with Crippen LogP contribution in [-0.4, -0.2) is 40.2 Å². The predicted molar refractivity (Wildman–Crippen MR) is 81.8 cm³/mol. The highest BCUT2D eigenvalue weighted by Crippen LogP contribution is 2.33. The summed E-state index contributed by atoms with van der Waals surface area (Å²) in [7, 11) is -3.15. The van der Waals surface area contributed by atoms with Gasteiger partial charge in [-0.1, -0.05) is 6.07 Å². The van der Waals surface area contributed by atoms with Crippen LogP contribution in [0.15, 0.2) is 18.2 Å². The monoisotopic (exact) mass is 326 g/mol. The molecule has 0 atom stereocenters. The standard InChI is InChI=1S/C15H19FN2O3S/c1-22(19,20)11-15(5-7-21-8-6-15)10-18-14-4-2-3-13(16)12(14)9-17/h2-4,18H,5-8,10-11H2,1H3. The number of benzene rings is 1. The topological polar surface area (TPSA) is 79.2 Å². The molecule has 1 aliphatic heterocycles. The van der Waals surface area contributed by atoms with Crippen molar-refractivity contribution in [3.8, 4) is 6.07 Å². The molecule has 5 nitrogen and oxygen atoms in total. The van der Waals surface area contributed by atoms with Crippen LogP contribution in [0, 0.1) is 22.6 Å². The molecule has 120 valence electrons. The summed E-state index contributed by atoms with van der Waals surface area (Å²) in [4.78, 5) is 0. The molecule has 0 bridgehead atoms. The molecule has 1 N–H and O–H groups in total. The number of nitrogens with zero attached hydrogens (tertiary/aromatic N) is 1. The first-order chi connectivity index (χ1) is 10.4. The second-order valence-corrected chi connectivity index (χ2v) is 7.95. The third-order valence-corrected chi connectivity index (χ3v) is 5.04. The molecule has 7 heteroatoms. The molecule has 1 aromatic rings. The Hall–Kier alpha value is -1.65. The first kappa shape index (κ1) is 16.7. The van der Waals surface area contributed by atoms with Crippen molar-refractivity contribution in [2.24, 2.45) is 5.41 Å². The first-order valence-corrected chi connectivity index (χ1v) is 9.09. The van der Waals surface area contributed by atoms with Crippen molar-refractivity contribution in [3.63, 3.8) is 0 Å². The highest BCUT2D eigenvalue weighted by Gasteiger charge is 2.36. The third kappa shape index (κ3) is 4.18. The number of halogens is 1. The van der Waals surface area contributed by atoms with Crippen molar-refractivity contribution in [2.75, 3.05) is 37.1 Å². The second kappa shape index (κ2) is 6.63. The van der Waals surface area contributed by atoms with Crippen molar-refractivity contribution in [2.45, 2.75) is 12.8 Å². The van der Waals surface area contributed by atoms with E-state index < -0.39 is 21.1 Å². The van der Waals surface area contributed by atoms with Crippen molar-refractivity contribution < 1.29 is 17.5 Å². The summed E-state index contributed by atoms with van der Waals surface area (Å²) in [5.74, 6) is -0.537. The van der Waals surface area contributed by atoms with Gasteiger partial charge in [-0.25, -0.2) is 12.8 Å². The average Bonchev–Trinajstić information content (AvgIpc) is 2.44. The summed E-state index contributed by atoms with van der Waals surface area (Å²) >= 11 is 0. The van der Waals surface area contributed by atoms with E-state index >= 15 is 0 Å². The van der Waals surface area contributed by atoms with Crippen LogP contribution in [0.25, 0.3) is 0 Å². The van der Waals surface area contributed by atoms with E-state index in [0.717, 1.165) is 0 Å². The molecule has 22 heavy (non-hydrogen) atoms. The quantitative estimate of drug-likeness (QED) is 0.894. The molecular formula is C15H19FN2O3S. The lowest BCUT2D eigenvalue weighted by molar-refractivity contribution is 0.0315. The van der Waals surface area contributed by atoms with Gasteiger partial charge in [-0.2, -0.15) is 5.26 Å². The largest absolute Gasteiger partial charge is 0.383 e. The normalized spacial score (nSPS) is 17.7. The van der Waals surface area contributed by atoms with Gasteiger partial charge in [0.25, 0.3) is 0 Å². The number of anilines is 1. The Morgan fingerprint density at radius 1 is 1.41 bits per heavy atom. The molecule has 2 rings (SSSR count). The van der Waals surface area contributed by atoms with E-state index in [1.165, 1.54) is 18.4 Å². The summed E-state index contributed by atoms with van der Waals surface area (Å²) < 4.78 is 42.3.